The van der Waals surface area contributed by atoms with Gasteiger partial charge in [-0.05, 0) is 54.1 Å². The summed E-state index contributed by atoms with van der Waals surface area (Å²) in [6, 6.07) is 16.6. The third-order valence-corrected chi connectivity index (χ3v) is 6.50. The van der Waals surface area contributed by atoms with Gasteiger partial charge in [-0.25, -0.2) is 4.98 Å². The molecular formula is C26H23N3O7S. The van der Waals surface area contributed by atoms with Crippen molar-refractivity contribution in [3.05, 3.63) is 76.3 Å². The lowest BCUT2D eigenvalue weighted by Gasteiger charge is -2.13. The fourth-order valence-electron chi connectivity index (χ4n) is 3.63. The summed E-state index contributed by atoms with van der Waals surface area (Å²) < 4.78 is 21.3. The van der Waals surface area contributed by atoms with Crippen molar-refractivity contribution < 1.29 is 28.7 Å². The number of anilines is 1. The van der Waals surface area contributed by atoms with Gasteiger partial charge in [0.1, 0.15) is 5.75 Å². The Morgan fingerprint density at radius 3 is 1.97 bits per heavy atom. The van der Waals surface area contributed by atoms with Crippen LogP contribution in [0.1, 0.15) is 10.4 Å². The molecule has 0 radical (unpaired) electrons. The van der Waals surface area contributed by atoms with Gasteiger partial charge >= 0.3 is 0 Å². The van der Waals surface area contributed by atoms with Crippen LogP contribution in [0.25, 0.3) is 21.7 Å². The van der Waals surface area contributed by atoms with Crippen LogP contribution < -0.4 is 24.3 Å². The van der Waals surface area contributed by atoms with Gasteiger partial charge in [-0.3, -0.25) is 20.2 Å². The number of carbonyl (C=O) groups is 1. The summed E-state index contributed by atoms with van der Waals surface area (Å²) in [5.74, 6) is 1.33. The van der Waals surface area contributed by atoms with E-state index < -0.39 is 10.8 Å². The highest BCUT2D eigenvalue weighted by Crippen LogP contribution is 2.41. The van der Waals surface area contributed by atoms with Gasteiger partial charge in [-0.15, -0.1) is 0 Å². The number of aromatic nitrogens is 1. The first-order valence-electron chi connectivity index (χ1n) is 10.9. The van der Waals surface area contributed by atoms with E-state index in [2.05, 4.69) is 10.3 Å². The van der Waals surface area contributed by atoms with Gasteiger partial charge in [0.25, 0.3) is 11.6 Å². The predicted octanol–water partition coefficient (Wildman–Crippen LogP) is 5.67. The van der Waals surface area contributed by atoms with Crippen LogP contribution in [-0.4, -0.2) is 44.3 Å². The van der Waals surface area contributed by atoms with Gasteiger partial charge in [-0.1, -0.05) is 11.3 Å². The molecule has 0 unspecified atom stereocenters. The average molecular weight is 522 g/mol. The van der Waals surface area contributed by atoms with Gasteiger partial charge in [0.05, 0.1) is 43.9 Å². The summed E-state index contributed by atoms with van der Waals surface area (Å²) in [5, 5.41) is 14.3. The Labute approximate surface area is 216 Å². The summed E-state index contributed by atoms with van der Waals surface area (Å²) in [7, 11) is 6.01. The maximum atomic E-state index is 13.2. The summed E-state index contributed by atoms with van der Waals surface area (Å²) in [4.78, 5) is 29.2. The molecule has 0 atom stereocenters. The van der Waals surface area contributed by atoms with Crippen LogP contribution in [0.2, 0.25) is 0 Å². The number of thiazole rings is 1. The molecular weight excluding hydrogens is 498 g/mol. The fourth-order valence-corrected chi connectivity index (χ4v) is 4.62. The molecule has 11 heteroatoms. The summed E-state index contributed by atoms with van der Waals surface area (Å²) in [6.45, 7) is 0. The zero-order valence-corrected chi connectivity index (χ0v) is 21.3. The summed E-state index contributed by atoms with van der Waals surface area (Å²) >= 11 is 1.28. The van der Waals surface area contributed by atoms with Gasteiger partial charge in [-0.2, -0.15) is 0 Å². The number of methoxy groups -OCH3 is 4. The Hall–Kier alpha value is -4.64. The molecule has 1 N–H and O–H groups in total. The molecule has 0 aliphatic carbocycles. The number of nitrogens with one attached hydrogen (secondary N) is 1. The second-order valence-corrected chi connectivity index (χ2v) is 8.60. The molecule has 37 heavy (non-hydrogen) atoms. The highest BCUT2D eigenvalue weighted by Gasteiger charge is 2.21. The standard InChI is InChI=1S/C26H23N3O7S/c1-33-19-11-7-16(8-12-19)24-22(15-5-9-18(10-6-15)29(31)32)27-26(37-24)28-25(30)17-13-20(34-2)23(36-4)21(14-17)35-3/h5-14H,1-4H3,(H,27,28,30). The van der Waals surface area contributed by atoms with Crippen molar-refractivity contribution in [2.45, 2.75) is 0 Å². The first kappa shape index (κ1) is 25.5. The van der Waals surface area contributed by atoms with Crippen molar-refractivity contribution in [2.75, 3.05) is 33.8 Å². The molecule has 1 amide bonds. The van der Waals surface area contributed by atoms with Crippen molar-refractivity contribution >= 4 is 28.1 Å². The van der Waals surface area contributed by atoms with E-state index in [1.807, 2.05) is 24.3 Å². The lowest BCUT2D eigenvalue weighted by Crippen LogP contribution is -2.12. The molecule has 10 nitrogen and oxygen atoms in total. The molecule has 1 aromatic heterocycles. The number of hydrogen-bond acceptors (Lipinski definition) is 9. The van der Waals surface area contributed by atoms with Gasteiger partial charge < -0.3 is 18.9 Å². The predicted molar refractivity (Wildman–Crippen MR) is 140 cm³/mol. The third kappa shape index (κ3) is 5.31. The van der Waals surface area contributed by atoms with E-state index in [9.17, 15) is 14.9 Å². The molecule has 0 aliphatic rings. The van der Waals surface area contributed by atoms with Crippen LogP contribution in [0.5, 0.6) is 23.0 Å². The van der Waals surface area contributed by atoms with Crippen LogP contribution in [0.4, 0.5) is 10.8 Å². The summed E-state index contributed by atoms with van der Waals surface area (Å²) in [5.41, 5.74) is 2.35. The first-order valence-corrected chi connectivity index (χ1v) is 11.7. The topological polar surface area (TPSA) is 122 Å². The second-order valence-electron chi connectivity index (χ2n) is 7.60. The van der Waals surface area contributed by atoms with Crippen LogP contribution in [0.3, 0.4) is 0 Å². The molecule has 0 fully saturated rings. The van der Waals surface area contributed by atoms with E-state index in [0.717, 1.165) is 10.4 Å². The SMILES string of the molecule is COc1ccc(-c2sc(NC(=O)c3cc(OC)c(OC)c(OC)c3)nc2-c2ccc([N+](=O)[O-])cc2)cc1. The number of nitro benzene ring substituents is 1. The molecule has 4 aromatic rings. The monoisotopic (exact) mass is 521 g/mol. The van der Waals surface area contributed by atoms with Crippen LogP contribution >= 0.6 is 11.3 Å². The quantitative estimate of drug-likeness (QED) is 0.221. The summed E-state index contributed by atoms with van der Waals surface area (Å²) in [6.07, 6.45) is 0. The zero-order valence-electron chi connectivity index (χ0n) is 20.4. The molecule has 0 saturated carbocycles. The number of amides is 1. The van der Waals surface area contributed by atoms with Gasteiger partial charge in [0, 0.05) is 23.3 Å². The maximum Gasteiger partial charge on any atom is 0.269 e. The number of nitrogens with zero attached hydrogens (tertiary/aromatic N) is 2. The highest BCUT2D eigenvalue weighted by atomic mass is 32.1. The van der Waals surface area contributed by atoms with E-state index >= 15 is 0 Å². The first-order chi connectivity index (χ1) is 17.9. The lowest BCUT2D eigenvalue weighted by atomic mass is 10.1. The molecule has 0 saturated heterocycles. The Kier molecular flexibility index (Phi) is 7.54. The Morgan fingerprint density at radius 1 is 0.865 bits per heavy atom. The van der Waals surface area contributed by atoms with E-state index in [1.165, 1.54) is 44.8 Å². The van der Waals surface area contributed by atoms with E-state index in [1.54, 1.807) is 31.4 Å². The van der Waals surface area contributed by atoms with Crippen molar-refractivity contribution in [3.8, 4) is 44.7 Å². The third-order valence-electron chi connectivity index (χ3n) is 5.48. The highest BCUT2D eigenvalue weighted by molar-refractivity contribution is 7.19. The number of rotatable bonds is 9. The van der Waals surface area contributed by atoms with E-state index in [4.69, 9.17) is 18.9 Å². The minimum absolute atomic E-state index is 0.0269. The number of benzene rings is 3. The molecule has 0 bridgehead atoms. The fraction of sp³-hybridized carbons (Fsp3) is 0.154. The smallest absolute Gasteiger partial charge is 0.269 e. The number of nitro groups is 1. The second kappa shape index (κ2) is 11.0. The van der Waals surface area contributed by atoms with Crippen molar-refractivity contribution in [1.29, 1.82) is 0 Å². The van der Waals surface area contributed by atoms with Gasteiger partial charge in [0.15, 0.2) is 16.6 Å². The minimum atomic E-state index is -0.460. The number of ether oxygens (including phenoxy) is 4. The number of hydrogen-bond donors (Lipinski definition) is 1. The maximum absolute atomic E-state index is 13.2. The number of non-ortho nitro benzene ring substituents is 1. The van der Waals surface area contributed by atoms with Crippen molar-refractivity contribution in [2.24, 2.45) is 0 Å². The molecule has 0 aliphatic heterocycles. The molecule has 0 spiro atoms. The zero-order chi connectivity index (χ0) is 26.5. The minimum Gasteiger partial charge on any atom is -0.497 e. The normalized spacial score (nSPS) is 10.5. The Balaban J connectivity index is 1.73. The van der Waals surface area contributed by atoms with Crippen LogP contribution in [0, 0.1) is 10.1 Å². The molecule has 1 heterocycles. The van der Waals surface area contributed by atoms with E-state index in [-0.39, 0.29) is 11.3 Å². The van der Waals surface area contributed by atoms with E-state index in [0.29, 0.717) is 39.4 Å². The van der Waals surface area contributed by atoms with Crippen LogP contribution in [0.15, 0.2) is 60.7 Å². The van der Waals surface area contributed by atoms with Crippen molar-refractivity contribution in [3.63, 3.8) is 0 Å². The average Bonchev–Trinajstić information content (AvgIpc) is 3.35. The Bertz CT molecular complexity index is 1410. The van der Waals surface area contributed by atoms with Crippen LogP contribution in [-0.2, 0) is 0 Å². The molecule has 4 rings (SSSR count). The molecule has 190 valence electrons. The lowest BCUT2D eigenvalue weighted by molar-refractivity contribution is -0.384. The number of carbonyl (C=O) groups excluding carboxylic acids is 1. The Morgan fingerprint density at radius 2 is 1.46 bits per heavy atom. The van der Waals surface area contributed by atoms with Crippen molar-refractivity contribution in [1.82, 2.24) is 4.98 Å². The van der Waals surface area contributed by atoms with Gasteiger partial charge in [0.2, 0.25) is 5.75 Å². The largest absolute Gasteiger partial charge is 0.497 e. The molecule has 3 aromatic carbocycles.